The van der Waals surface area contributed by atoms with Gasteiger partial charge >= 0.3 is 6.18 Å². The van der Waals surface area contributed by atoms with Crippen LogP contribution in [0.5, 0.6) is 5.75 Å². The van der Waals surface area contributed by atoms with Gasteiger partial charge in [-0.05, 0) is 54.5 Å². The van der Waals surface area contributed by atoms with E-state index >= 15 is 0 Å². The second kappa shape index (κ2) is 8.40. The lowest BCUT2D eigenvalue weighted by Gasteiger charge is -2.14. The van der Waals surface area contributed by atoms with Gasteiger partial charge in [0.25, 0.3) is 0 Å². The number of methoxy groups -OCH3 is 1. The molecule has 0 bridgehead atoms. The molecule has 8 heteroatoms. The van der Waals surface area contributed by atoms with Crippen LogP contribution in [0.15, 0.2) is 42.5 Å². The number of hydrogen-bond acceptors (Lipinski definition) is 2. The average Bonchev–Trinajstić information content (AvgIpc) is 2.56. The minimum Gasteiger partial charge on any atom is -0.497 e. The molecule has 25 heavy (non-hydrogen) atoms. The van der Waals surface area contributed by atoms with Crippen molar-refractivity contribution in [2.45, 2.75) is 12.6 Å². The molecule has 0 aliphatic rings. The van der Waals surface area contributed by atoms with E-state index in [4.69, 9.17) is 28.6 Å². The number of halogens is 4. The molecule has 2 aromatic carbocycles. The largest absolute Gasteiger partial charge is 0.497 e. The van der Waals surface area contributed by atoms with Crippen LogP contribution in [-0.2, 0) is 12.6 Å². The van der Waals surface area contributed by atoms with E-state index in [1.165, 1.54) is 6.07 Å². The maximum Gasteiger partial charge on any atom is 0.416 e. The van der Waals surface area contributed by atoms with Gasteiger partial charge in [0.2, 0.25) is 0 Å². The molecule has 0 amide bonds. The molecule has 0 atom stereocenters. The summed E-state index contributed by atoms with van der Waals surface area (Å²) in [7, 11) is 1.60. The van der Waals surface area contributed by atoms with E-state index in [1.54, 1.807) is 7.11 Å². The van der Waals surface area contributed by atoms with Gasteiger partial charge < -0.3 is 15.4 Å². The van der Waals surface area contributed by atoms with Gasteiger partial charge in [0.15, 0.2) is 5.11 Å². The number of thiocarbonyl (C=S) groups is 1. The van der Waals surface area contributed by atoms with Crippen LogP contribution in [0.2, 0.25) is 5.02 Å². The summed E-state index contributed by atoms with van der Waals surface area (Å²) in [5.74, 6) is 0.771. The molecule has 0 aliphatic heterocycles. The van der Waals surface area contributed by atoms with Crippen LogP contribution in [0.3, 0.4) is 0 Å². The first-order valence-corrected chi connectivity index (χ1v) is 8.13. The number of anilines is 1. The standard InChI is InChI=1S/C17H16ClF3N2OS/c1-24-13-5-2-11(3-6-13)8-9-22-16(25)23-15-10-12(17(19,20)21)4-7-14(15)18/h2-7,10H,8-9H2,1H3,(H2,22,23,25). The lowest BCUT2D eigenvalue weighted by atomic mass is 10.1. The Morgan fingerprint density at radius 1 is 1.16 bits per heavy atom. The summed E-state index contributed by atoms with van der Waals surface area (Å²) >= 11 is 11.0. The van der Waals surface area contributed by atoms with Gasteiger partial charge in [-0.2, -0.15) is 13.2 Å². The summed E-state index contributed by atoms with van der Waals surface area (Å²) in [6.45, 7) is 0.523. The highest BCUT2D eigenvalue weighted by Crippen LogP contribution is 2.33. The van der Waals surface area contributed by atoms with E-state index in [1.807, 2.05) is 24.3 Å². The molecule has 0 radical (unpaired) electrons. The summed E-state index contributed by atoms with van der Waals surface area (Å²) in [6.07, 6.45) is -3.74. The Balaban J connectivity index is 1.89. The highest BCUT2D eigenvalue weighted by atomic mass is 35.5. The molecule has 2 aromatic rings. The predicted octanol–water partition coefficient (Wildman–Crippen LogP) is 4.90. The zero-order chi connectivity index (χ0) is 18.4. The number of rotatable bonds is 5. The summed E-state index contributed by atoms with van der Waals surface area (Å²) in [6, 6.07) is 10.6. The molecule has 2 N–H and O–H groups in total. The van der Waals surface area contributed by atoms with Crippen LogP contribution in [-0.4, -0.2) is 18.8 Å². The number of ether oxygens (including phenoxy) is 1. The van der Waals surface area contributed by atoms with Gasteiger partial charge in [-0.3, -0.25) is 0 Å². The highest BCUT2D eigenvalue weighted by Gasteiger charge is 2.31. The fourth-order valence-electron chi connectivity index (χ4n) is 2.08. The molecule has 0 fully saturated rings. The summed E-state index contributed by atoms with van der Waals surface area (Å²) < 4.78 is 43.3. The van der Waals surface area contributed by atoms with Crippen molar-refractivity contribution < 1.29 is 17.9 Å². The highest BCUT2D eigenvalue weighted by molar-refractivity contribution is 7.80. The van der Waals surface area contributed by atoms with E-state index in [-0.39, 0.29) is 15.8 Å². The smallest absolute Gasteiger partial charge is 0.416 e. The number of alkyl halides is 3. The van der Waals surface area contributed by atoms with Crippen LogP contribution in [0.4, 0.5) is 18.9 Å². The Bertz CT molecular complexity index is 736. The first-order valence-electron chi connectivity index (χ1n) is 7.34. The average molecular weight is 389 g/mol. The van der Waals surface area contributed by atoms with E-state index in [0.29, 0.717) is 13.0 Å². The third-order valence-electron chi connectivity index (χ3n) is 3.40. The maximum absolute atomic E-state index is 12.8. The normalized spacial score (nSPS) is 11.1. The third kappa shape index (κ3) is 5.79. The molecule has 2 rings (SSSR count). The maximum atomic E-state index is 12.8. The fourth-order valence-corrected chi connectivity index (χ4v) is 2.45. The Labute approximate surface area is 154 Å². The van der Waals surface area contributed by atoms with E-state index in [0.717, 1.165) is 23.4 Å². The minimum atomic E-state index is -4.44. The van der Waals surface area contributed by atoms with E-state index < -0.39 is 11.7 Å². The first kappa shape index (κ1) is 19.3. The zero-order valence-electron chi connectivity index (χ0n) is 13.3. The van der Waals surface area contributed by atoms with Crippen molar-refractivity contribution in [1.82, 2.24) is 5.32 Å². The van der Waals surface area contributed by atoms with E-state index in [2.05, 4.69) is 10.6 Å². The van der Waals surface area contributed by atoms with Crippen molar-refractivity contribution in [1.29, 1.82) is 0 Å². The summed E-state index contributed by atoms with van der Waals surface area (Å²) in [4.78, 5) is 0. The van der Waals surface area contributed by atoms with Crippen molar-refractivity contribution in [3.63, 3.8) is 0 Å². The molecule has 0 heterocycles. The van der Waals surface area contributed by atoms with Gasteiger partial charge in [0.05, 0.1) is 23.4 Å². The van der Waals surface area contributed by atoms with Gasteiger partial charge in [-0.25, -0.2) is 0 Å². The topological polar surface area (TPSA) is 33.3 Å². The number of benzene rings is 2. The molecule has 3 nitrogen and oxygen atoms in total. The molecule has 0 aliphatic carbocycles. The second-order valence-electron chi connectivity index (χ2n) is 5.17. The molecule has 134 valence electrons. The van der Waals surface area contributed by atoms with Crippen molar-refractivity contribution >= 4 is 34.6 Å². The Morgan fingerprint density at radius 3 is 2.44 bits per heavy atom. The molecule has 0 saturated carbocycles. The number of nitrogens with one attached hydrogen (secondary N) is 2. The minimum absolute atomic E-state index is 0.110. The molecule has 0 saturated heterocycles. The van der Waals surface area contributed by atoms with Crippen LogP contribution in [0.1, 0.15) is 11.1 Å². The Kier molecular flexibility index (Phi) is 6.50. The third-order valence-corrected chi connectivity index (χ3v) is 3.98. The first-order chi connectivity index (χ1) is 11.8. The molecule has 0 aromatic heterocycles. The van der Waals surface area contributed by atoms with Gasteiger partial charge in [0, 0.05) is 6.54 Å². The van der Waals surface area contributed by atoms with Crippen LogP contribution in [0, 0.1) is 0 Å². The van der Waals surface area contributed by atoms with Gasteiger partial charge in [0.1, 0.15) is 5.75 Å². The fraction of sp³-hybridized carbons (Fsp3) is 0.235. The van der Waals surface area contributed by atoms with E-state index in [9.17, 15) is 13.2 Å². The molecular formula is C17H16ClF3N2OS. The van der Waals surface area contributed by atoms with Gasteiger partial charge in [-0.15, -0.1) is 0 Å². The van der Waals surface area contributed by atoms with Crippen LogP contribution < -0.4 is 15.4 Å². The lowest BCUT2D eigenvalue weighted by Crippen LogP contribution is -2.30. The predicted molar refractivity (Wildman–Crippen MR) is 97.4 cm³/mol. The van der Waals surface area contributed by atoms with Crippen molar-refractivity contribution in [2.24, 2.45) is 0 Å². The SMILES string of the molecule is COc1ccc(CCNC(=S)Nc2cc(C(F)(F)F)ccc2Cl)cc1. The summed E-state index contributed by atoms with van der Waals surface area (Å²) in [5.41, 5.74) is 0.395. The molecule has 0 unspecified atom stereocenters. The molecular weight excluding hydrogens is 373 g/mol. The van der Waals surface area contributed by atoms with Crippen LogP contribution in [0.25, 0.3) is 0 Å². The lowest BCUT2D eigenvalue weighted by molar-refractivity contribution is -0.137. The number of hydrogen-bond donors (Lipinski definition) is 2. The van der Waals surface area contributed by atoms with Crippen molar-refractivity contribution in [3.8, 4) is 5.75 Å². The Morgan fingerprint density at radius 2 is 1.84 bits per heavy atom. The zero-order valence-corrected chi connectivity index (χ0v) is 14.9. The second-order valence-corrected chi connectivity index (χ2v) is 5.99. The monoisotopic (exact) mass is 388 g/mol. The van der Waals surface area contributed by atoms with Crippen molar-refractivity contribution in [3.05, 3.63) is 58.6 Å². The van der Waals surface area contributed by atoms with Crippen molar-refractivity contribution in [2.75, 3.05) is 19.0 Å². The molecule has 0 spiro atoms. The van der Waals surface area contributed by atoms with Crippen LogP contribution >= 0.6 is 23.8 Å². The quantitative estimate of drug-likeness (QED) is 0.714. The summed E-state index contributed by atoms with van der Waals surface area (Å²) in [5, 5.41) is 6.00. The Hall–Kier alpha value is -1.99. The van der Waals surface area contributed by atoms with Gasteiger partial charge in [-0.1, -0.05) is 23.7 Å².